The second kappa shape index (κ2) is 9.64. The van der Waals surface area contributed by atoms with Gasteiger partial charge < -0.3 is 10.5 Å². The summed E-state index contributed by atoms with van der Waals surface area (Å²) in [6, 6.07) is 9.01. The van der Waals surface area contributed by atoms with E-state index in [-0.39, 0.29) is 16.9 Å². The number of nitrogens with zero attached hydrogens (tertiary/aromatic N) is 7. The minimum Gasteiger partial charge on any atom is -0.383 e. The van der Waals surface area contributed by atoms with Crippen molar-refractivity contribution in [2.75, 3.05) is 12.8 Å². The molecule has 0 aliphatic carbocycles. The minimum atomic E-state index is -0.584. The van der Waals surface area contributed by atoms with Crippen LogP contribution in [0.25, 0.3) is 38.4 Å². The Kier molecular flexibility index (Phi) is 6.12. The summed E-state index contributed by atoms with van der Waals surface area (Å²) in [5.74, 6) is -0.188. The molecule has 6 rings (SSSR count). The fourth-order valence-corrected chi connectivity index (χ4v) is 5.52. The summed E-state index contributed by atoms with van der Waals surface area (Å²) in [7, 11) is 1.61. The summed E-state index contributed by atoms with van der Waals surface area (Å²) in [5.41, 5.74) is 9.51. The molecule has 0 unspecified atom stereocenters. The van der Waals surface area contributed by atoms with Crippen molar-refractivity contribution in [1.82, 2.24) is 34.1 Å². The molecule has 0 aliphatic rings. The van der Waals surface area contributed by atoms with Crippen LogP contribution in [0, 0.1) is 12.7 Å². The summed E-state index contributed by atoms with van der Waals surface area (Å²) < 4.78 is 22.7. The maximum atomic E-state index is 14.3. The maximum absolute atomic E-state index is 14.3. The van der Waals surface area contributed by atoms with Crippen molar-refractivity contribution in [3.8, 4) is 21.7 Å². The van der Waals surface area contributed by atoms with Gasteiger partial charge in [0.05, 0.1) is 34.2 Å². The SMILES string of the molecule is COCc1ncc(-c2nn([C@@H](C)c3nc4ccc(C)cn4c(=O)c3-c3cccc(F)c3)c3ncnc(N)c23)s1. The summed E-state index contributed by atoms with van der Waals surface area (Å²) in [6.45, 7) is 4.13. The number of nitrogen functional groups attached to an aromatic ring is 1. The van der Waals surface area contributed by atoms with E-state index in [9.17, 15) is 9.18 Å². The zero-order chi connectivity index (χ0) is 27.3. The Balaban J connectivity index is 1.61. The van der Waals surface area contributed by atoms with Gasteiger partial charge in [-0.05, 0) is 43.2 Å². The number of fused-ring (bicyclic) bond motifs is 2. The molecular formula is C27H23FN8O2S. The number of halogens is 1. The van der Waals surface area contributed by atoms with Crippen LogP contribution in [0.15, 0.2) is 59.9 Å². The van der Waals surface area contributed by atoms with Gasteiger partial charge in [-0.3, -0.25) is 9.20 Å². The highest BCUT2D eigenvalue weighted by atomic mass is 32.1. The van der Waals surface area contributed by atoms with Gasteiger partial charge in [-0.1, -0.05) is 18.2 Å². The first-order chi connectivity index (χ1) is 18.9. The number of methoxy groups -OCH3 is 1. The molecule has 0 fully saturated rings. The highest BCUT2D eigenvalue weighted by Crippen LogP contribution is 2.36. The van der Waals surface area contributed by atoms with Crippen molar-refractivity contribution in [2.24, 2.45) is 0 Å². The van der Waals surface area contributed by atoms with Gasteiger partial charge in [0.15, 0.2) is 5.65 Å². The highest BCUT2D eigenvalue weighted by Gasteiger charge is 2.27. The lowest BCUT2D eigenvalue weighted by molar-refractivity contribution is 0.184. The highest BCUT2D eigenvalue weighted by molar-refractivity contribution is 7.15. The molecule has 6 aromatic rings. The van der Waals surface area contributed by atoms with Gasteiger partial charge >= 0.3 is 0 Å². The van der Waals surface area contributed by atoms with E-state index in [1.165, 1.54) is 34.2 Å². The van der Waals surface area contributed by atoms with E-state index in [0.29, 0.717) is 40.2 Å². The third-order valence-electron chi connectivity index (χ3n) is 6.45. The molecule has 12 heteroatoms. The second-order valence-corrected chi connectivity index (χ2v) is 10.2. The first-order valence-electron chi connectivity index (χ1n) is 12.1. The second-order valence-electron chi connectivity index (χ2n) is 9.10. The largest absolute Gasteiger partial charge is 0.383 e. The Hall–Kier alpha value is -4.55. The average Bonchev–Trinajstić information content (AvgIpc) is 3.54. The van der Waals surface area contributed by atoms with Gasteiger partial charge in [0.1, 0.15) is 34.3 Å². The normalized spacial score (nSPS) is 12.4. The molecular weight excluding hydrogens is 519 g/mol. The van der Waals surface area contributed by atoms with Gasteiger partial charge in [0.2, 0.25) is 0 Å². The van der Waals surface area contributed by atoms with Gasteiger partial charge in [-0.2, -0.15) is 5.10 Å². The molecule has 5 aromatic heterocycles. The molecule has 0 bridgehead atoms. The van der Waals surface area contributed by atoms with Gasteiger partial charge in [0.25, 0.3) is 5.56 Å². The van der Waals surface area contributed by atoms with Crippen LogP contribution in [0.1, 0.15) is 29.2 Å². The number of benzene rings is 1. The molecule has 5 heterocycles. The van der Waals surface area contributed by atoms with E-state index in [1.54, 1.807) is 42.4 Å². The Morgan fingerprint density at radius 2 is 2.03 bits per heavy atom. The predicted octanol–water partition coefficient (Wildman–Crippen LogP) is 4.41. The molecule has 10 nitrogen and oxygen atoms in total. The molecule has 0 aliphatic heterocycles. The third-order valence-corrected chi connectivity index (χ3v) is 7.42. The average molecular weight is 543 g/mol. The number of aromatic nitrogens is 7. The first kappa shape index (κ1) is 24.8. The number of anilines is 1. The molecule has 0 spiro atoms. The number of aryl methyl sites for hydroxylation is 1. The van der Waals surface area contributed by atoms with E-state index >= 15 is 0 Å². The molecule has 1 aromatic carbocycles. The van der Waals surface area contributed by atoms with Crippen molar-refractivity contribution in [1.29, 1.82) is 0 Å². The fraction of sp³-hybridized carbons (Fsp3) is 0.185. The van der Waals surface area contributed by atoms with Crippen LogP contribution in [-0.4, -0.2) is 41.2 Å². The van der Waals surface area contributed by atoms with Crippen molar-refractivity contribution in [3.63, 3.8) is 0 Å². The Morgan fingerprint density at radius 3 is 2.82 bits per heavy atom. The van der Waals surface area contributed by atoms with E-state index in [0.717, 1.165) is 15.4 Å². The van der Waals surface area contributed by atoms with E-state index in [2.05, 4.69) is 15.0 Å². The zero-order valence-corrected chi connectivity index (χ0v) is 22.1. The summed E-state index contributed by atoms with van der Waals surface area (Å²) in [4.78, 5) is 32.6. The summed E-state index contributed by atoms with van der Waals surface area (Å²) in [5, 5.41) is 6.24. The topological polar surface area (TPSA) is 126 Å². The molecule has 196 valence electrons. The number of rotatable bonds is 6. The molecule has 1 atom stereocenters. The smallest absolute Gasteiger partial charge is 0.266 e. The fourth-order valence-electron chi connectivity index (χ4n) is 4.64. The van der Waals surface area contributed by atoms with Crippen molar-refractivity contribution < 1.29 is 9.13 Å². The molecule has 0 saturated heterocycles. The van der Waals surface area contributed by atoms with Crippen LogP contribution in [-0.2, 0) is 11.3 Å². The van der Waals surface area contributed by atoms with Crippen LogP contribution >= 0.6 is 11.3 Å². The van der Waals surface area contributed by atoms with E-state index in [4.69, 9.17) is 20.6 Å². The quantitative estimate of drug-likeness (QED) is 0.328. The lowest BCUT2D eigenvalue weighted by Gasteiger charge is -2.18. The van der Waals surface area contributed by atoms with Crippen LogP contribution in [0.3, 0.4) is 0 Å². The monoisotopic (exact) mass is 542 g/mol. The predicted molar refractivity (Wildman–Crippen MR) is 147 cm³/mol. The number of hydrogen-bond donors (Lipinski definition) is 1. The number of nitrogens with two attached hydrogens (primary N) is 1. The van der Waals surface area contributed by atoms with Crippen molar-refractivity contribution in [3.05, 3.63) is 87.6 Å². The standard InChI is InChI=1S/C27H23FN8O2S/c1-14-7-8-19-33-23(21(27(37)35(19)11-14)16-5-4-6-17(28)9-16)15(2)36-26-22(25(29)31-13-32-26)24(34-36)18-10-30-20(39-18)12-38-3/h4-11,13,15H,12H2,1-3H3,(H2,29,31,32)/t15-/m0/s1. The number of pyridine rings is 1. The number of thiazole rings is 1. The Morgan fingerprint density at radius 1 is 1.18 bits per heavy atom. The Labute approximate surface area is 225 Å². The zero-order valence-electron chi connectivity index (χ0n) is 21.3. The maximum Gasteiger partial charge on any atom is 0.266 e. The van der Waals surface area contributed by atoms with Gasteiger partial charge in [0, 0.05) is 19.5 Å². The van der Waals surface area contributed by atoms with Gasteiger partial charge in [-0.15, -0.1) is 11.3 Å². The van der Waals surface area contributed by atoms with Crippen molar-refractivity contribution >= 4 is 33.8 Å². The van der Waals surface area contributed by atoms with Crippen LogP contribution < -0.4 is 11.3 Å². The van der Waals surface area contributed by atoms with Crippen molar-refractivity contribution in [2.45, 2.75) is 26.5 Å². The van der Waals surface area contributed by atoms with Crippen LogP contribution in [0.4, 0.5) is 10.2 Å². The minimum absolute atomic E-state index is 0.266. The molecule has 39 heavy (non-hydrogen) atoms. The first-order valence-corrected chi connectivity index (χ1v) is 12.9. The van der Waals surface area contributed by atoms with Crippen LogP contribution in [0.5, 0.6) is 0 Å². The van der Waals surface area contributed by atoms with Crippen LogP contribution in [0.2, 0.25) is 0 Å². The lowest BCUT2D eigenvalue weighted by Crippen LogP contribution is -2.23. The molecule has 2 N–H and O–H groups in total. The molecule has 0 amide bonds. The van der Waals surface area contributed by atoms with E-state index < -0.39 is 11.9 Å². The third kappa shape index (κ3) is 4.23. The molecule has 0 saturated carbocycles. The summed E-state index contributed by atoms with van der Waals surface area (Å²) in [6.07, 6.45) is 4.80. The number of ether oxygens (including phenoxy) is 1. The van der Waals surface area contributed by atoms with E-state index in [1.807, 2.05) is 19.9 Å². The number of hydrogen-bond acceptors (Lipinski definition) is 9. The molecule has 0 radical (unpaired) electrons. The van der Waals surface area contributed by atoms with Gasteiger partial charge in [-0.25, -0.2) is 29.0 Å². The Bertz CT molecular complexity index is 1930. The summed E-state index contributed by atoms with van der Waals surface area (Å²) >= 11 is 1.43. The lowest BCUT2D eigenvalue weighted by atomic mass is 10.0.